The van der Waals surface area contributed by atoms with Crippen LogP contribution in [0.4, 0.5) is 10.1 Å². The molecule has 0 aliphatic carbocycles. The Labute approximate surface area is 169 Å². The standard InChI is InChI=1S/C19H21FN4O.HI/c1-21-19(22-12-14-6-5-7-15(20)10-14)23-16-11-18(25)24(13-16)17-8-3-2-4-9-17;/h2-10,16H,11-13H2,1H3,(H2,21,22,23);1H. The smallest absolute Gasteiger partial charge is 0.229 e. The lowest BCUT2D eigenvalue weighted by atomic mass is 10.2. The summed E-state index contributed by atoms with van der Waals surface area (Å²) >= 11 is 0. The van der Waals surface area contributed by atoms with E-state index in [0.717, 1.165) is 11.3 Å². The average molecular weight is 468 g/mol. The minimum absolute atomic E-state index is 0. The number of nitrogens with one attached hydrogen (secondary N) is 2. The van der Waals surface area contributed by atoms with Gasteiger partial charge >= 0.3 is 0 Å². The highest BCUT2D eigenvalue weighted by Gasteiger charge is 2.30. The number of benzene rings is 2. The molecule has 3 rings (SSSR count). The highest BCUT2D eigenvalue weighted by atomic mass is 127. The maximum atomic E-state index is 13.2. The van der Waals surface area contributed by atoms with Crippen molar-refractivity contribution >= 4 is 41.5 Å². The molecule has 1 atom stereocenters. The largest absolute Gasteiger partial charge is 0.352 e. The second kappa shape index (κ2) is 9.51. The third kappa shape index (κ3) is 5.17. The van der Waals surface area contributed by atoms with Crippen LogP contribution in [0.5, 0.6) is 0 Å². The van der Waals surface area contributed by atoms with Crippen LogP contribution >= 0.6 is 24.0 Å². The van der Waals surface area contributed by atoms with Crippen LogP contribution in [0.25, 0.3) is 0 Å². The molecule has 1 unspecified atom stereocenters. The number of carbonyl (C=O) groups is 1. The van der Waals surface area contributed by atoms with Gasteiger partial charge in [0.1, 0.15) is 5.82 Å². The van der Waals surface area contributed by atoms with Crippen LogP contribution in [0.1, 0.15) is 12.0 Å². The zero-order valence-corrected chi connectivity index (χ0v) is 16.8. The van der Waals surface area contributed by atoms with Crippen molar-refractivity contribution in [1.29, 1.82) is 0 Å². The summed E-state index contributed by atoms with van der Waals surface area (Å²) in [5.74, 6) is 0.420. The molecule has 2 N–H and O–H groups in total. The van der Waals surface area contributed by atoms with Gasteiger partial charge in [-0.15, -0.1) is 24.0 Å². The summed E-state index contributed by atoms with van der Waals surface area (Å²) < 4.78 is 13.2. The van der Waals surface area contributed by atoms with Crippen molar-refractivity contribution < 1.29 is 9.18 Å². The molecule has 1 saturated heterocycles. The number of anilines is 1. The molecule has 0 saturated carbocycles. The predicted molar refractivity (Wildman–Crippen MR) is 112 cm³/mol. The lowest BCUT2D eigenvalue weighted by Crippen LogP contribution is -2.44. The number of guanidine groups is 1. The topological polar surface area (TPSA) is 56.7 Å². The third-order valence-corrected chi connectivity index (χ3v) is 4.11. The molecular weight excluding hydrogens is 446 g/mol. The monoisotopic (exact) mass is 468 g/mol. The van der Waals surface area contributed by atoms with Gasteiger partial charge < -0.3 is 15.5 Å². The van der Waals surface area contributed by atoms with Crippen molar-refractivity contribution in [3.8, 4) is 0 Å². The molecule has 1 amide bonds. The zero-order chi connectivity index (χ0) is 17.6. The molecule has 2 aromatic carbocycles. The maximum Gasteiger partial charge on any atom is 0.229 e. The Kier molecular flexibility index (Phi) is 7.38. The van der Waals surface area contributed by atoms with Crippen molar-refractivity contribution in [3.63, 3.8) is 0 Å². The first kappa shape index (κ1) is 20.2. The summed E-state index contributed by atoms with van der Waals surface area (Å²) in [7, 11) is 1.67. The normalized spacial score (nSPS) is 17.0. The number of hydrogen-bond donors (Lipinski definition) is 2. The molecular formula is C19H22FIN4O. The minimum Gasteiger partial charge on any atom is -0.352 e. The van der Waals surface area contributed by atoms with Crippen LogP contribution in [0.15, 0.2) is 59.6 Å². The fourth-order valence-corrected chi connectivity index (χ4v) is 2.88. The highest BCUT2D eigenvalue weighted by molar-refractivity contribution is 14.0. The fraction of sp³-hybridized carbons (Fsp3) is 0.263. The van der Waals surface area contributed by atoms with Gasteiger partial charge in [-0.2, -0.15) is 0 Å². The van der Waals surface area contributed by atoms with Crippen LogP contribution in [-0.2, 0) is 11.3 Å². The molecule has 1 fully saturated rings. The summed E-state index contributed by atoms with van der Waals surface area (Å²) in [6.45, 7) is 1.05. The molecule has 2 aromatic rings. The second-order valence-corrected chi connectivity index (χ2v) is 5.94. The lowest BCUT2D eigenvalue weighted by molar-refractivity contribution is -0.117. The van der Waals surface area contributed by atoms with E-state index in [4.69, 9.17) is 0 Å². The highest BCUT2D eigenvalue weighted by Crippen LogP contribution is 2.20. The van der Waals surface area contributed by atoms with Crippen LogP contribution < -0.4 is 15.5 Å². The van der Waals surface area contributed by atoms with Gasteiger partial charge in [-0.3, -0.25) is 9.79 Å². The maximum absolute atomic E-state index is 13.2. The summed E-state index contributed by atoms with van der Waals surface area (Å²) in [4.78, 5) is 18.2. The Morgan fingerprint density at radius 3 is 2.69 bits per heavy atom. The average Bonchev–Trinajstić information content (AvgIpc) is 2.99. The molecule has 0 spiro atoms. The van der Waals surface area contributed by atoms with Crippen molar-refractivity contribution in [2.45, 2.75) is 19.0 Å². The zero-order valence-electron chi connectivity index (χ0n) is 14.5. The number of rotatable bonds is 4. The van der Waals surface area contributed by atoms with Gasteiger partial charge in [-0.05, 0) is 29.8 Å². The summed E-state index contributed by atoms with van der Waals surface area (Å²) in [6.07, 6.45) is 0.412. The van der Waals surface area contributed by atoms with Gasteiger partial charge in [0.05, 0.1) is 6.04 Å². The number of aliphatic imine (C=N–C) groups is 1. The van der Waals surface area contributed by atoms with E-state index < -0.39 is 0 Å². The van der Waals surface area contributed by atoms with Crippen molar-refractivity contribution in [2.75, 3.05) is 18.5 Å². The number of para-hydroxylation sites is 1. The van der Waals surface area contributed by atoms with E-state index in [9.17, 15) is 9.18 Å². The van der Waals surface area contributed by atoms with Gasteiger partial charge in [-0.25, -0.2) is 4.39 Å². The van der Waals surface area contributed by atoms with Gasteiger partial charge in [-0.1, -0.05) is 30.3 Å². The molecule has 7 heteroatoms. The predicted octanol–water partition coefficient (Wildman–Crippen LogP) is 2.91. The molecule has 1 heterocycles. The Morgan fingerprint density at radius 2 is 2.00 bits per heavy atom. The number of amides is 1. The Hall–Kier alpha value is -2.16. The molecule has 0 radical (unpaired) electrons. The van der Waals surface area contributed by atoms with Gasteiger partial charge in [0, 0.05) is 32.2 Å². The Morgan fingerprint density at radius 1 is 1.23 bits per heavy atom. The minimum atomic E-state index is -0.262. The van der Waals surface area contributed by atoms with Crippen molar-refractivity contribution in [2.24, 2.45) is 4.99 Å². The van der Waals surface area contributed by atoms with Crippen LogP contribution in [-0.4, -0.2) is 31.5 Å². The van der Waals surface area contributed by atoms with E-state index in [0.29, 0.717) is 25.5 Å². The first-order chi connectivity index (χ1) is 12.2. The molecule has 138 valence electrons. The molecule has 5 nitrogen and oxygen atoms in total. The van der Waals surface area contributed by atoms with E-state index in [-0.39, 0.29) is 41.7 Å². The lowest BCUT2D eigenvalue weighted by Gasteiger charge is -2.19. The molecule has 1 aliphatic heterocycles. The first-order valence-electron chi connectivity index (χ1n) is 8.23. The SMILES string of the molecule is CN=C(NCc1cccc(F)c1)NC1CC(=O)N(c2ccccc2)C1.I. The number of hydrogen-bond acceptors (Lipinski definition) is 2. The van der Waals surface area contributed by atoms with Crippen LogP contribution in [0.2, 0.25) is 0 Å². The summed E-state index contributed by atoms with van der Waals surface area (Å²) in [5, 5.41) is 6.41. The van der Waals surface area contributed by atoms with E-state index in [2.05, 4.69) is 15.6 Å². The molecule has 0 aromatic heterocycles. The van der Waals surface area contributed by atoms with Crippen LogP contribution in [0.3, 0.4) is 0 Å². The molecule has 0 bridgehead atoms. The quantitative estimate of drug-likeness (QED) is 0.413. The number of nitrogens with zero attached hydrogens (tertiary/aromatic N) is 2. The number of carbonyl (C=O) groups excluding carboxylic acids is 1. The molecule has 1 aliphatic rings. The third-order valence-electron chi connectivity index (χ3n) is 4.11. The van der Waals surface area contributed by atoms with E-state index in [1.165, 1.54) is 12.1 Å². The van der Waals surface area contributed by atoms with Gasteiger partial charge in [0.15, 0.2) is 5.96 Å². The van der Waals surface area contributed by atoms with Crippen molar-refractivity contribution in [3.05, 3.63) is 66.0 Å². The summed E-state index contributed by atoms with van der Waals surface area (Å²) in [5.41, 5.74) is 1.73. The van der Waals surface area contributed by atoms with E-state index >= 15 is 0 Å². The van der Waals surface area contributed by atoms with Gasteiger partial charge in [0.25, 0.3) is 0 Å². The van der Waals surface area contributed by atoms with E-state index in [1.54, 1.807) is 18.0 Å². The van der Waals surface area contributed by atoms with Crippen molar-refractivity contribution in [1.82, 2.24) is 10.6 Å². The second-order valence-electron chi connectivity index (χ2n) is 5.94. The fourth-order valence-electron chi connectivity index (χ4n) is 2.88. The first-order valence-corrected chi connectivity index (χ1v) is 8.23. The Balaban J connectivity index is 0.00000243. The number of halogens is 2. The van der Waals surface area contributed by atoms with Gasteiger partial charge in [0.2, 0.25) is 5.91 Å². The Bertz CT molecular complexity index is 769. The summed E-state index contributed by atoms with van der Waals surface area (Å²) in [6, 6.07) is 16.0. The molecule has 26 heavy (non-hydrogen) atoms. The van der Waals surface area contributed by atoms with E-state index in [1.807, 2.05) is 36.4 Å². The van der Waals surface area contributed by atoms with Crippen LogP contribution in [0, 0.1) is 5.82 Å².